The standard InChI is InChI=1S/C15H16ClF2NO/c1-3-9-5-6-14(20-9)15(19-4-2)10-7-13(18)11(16)8-12(10)17/h5-8,15,19H,3-4H2,1-2H3. The highest BCUT2D eigenvalue weighted by Gasteiger charge is 2.22. The van der Waals surface area contributed by atoms with Crippen LogP contribution < -0.4 is 5.32 Å². The lowest BCUT2D eigenvalue weighted by molar-refractivity contribution is 0.417. The molecule has 0 saturated heterocycles. The van der Waals surface area contributed by atoms with Crippen LogP contribution >= 0.6 is 11.6 Å². The van der Waals surface area contributed by atoms with Crippen molar-refractivity contribution in [2.24, 2.45) is 0 Å². The predicted octanol–water partition coefficient (Wildman–Crippen LogP) is 4.47. The van der Waals surface area contributed by atoms with Crippen molar-refractivity contribution < 1.29 is 13.2 Å². The summed E-state index contributed by atoms with van der Waals surface area (Å²) in [6.07, 6.45) is 0.746. The van der Waals surface area contributed by atoms with Crippen LogP contribution in [0.15, 0.2) is 28.7 Å². The molecule has 1 atom stereocenters. The second kappa shape index (κ2) is 6.37. The van der Waals surface area contributed by atoms with Gasteiger partial charge in [0.05, 0.1) is 11.1 Å². The first kappa shape index (κ1) is 15.0. The third-order valence-electron chi connectivity index (χ3n) is 3.07. The van der Waals surface area contributed by atoms with Crippen LogP contribution in [0.3, 0.4) is 0 Å². The Kier molecular flexibility index (Phi) is 4.78. The Morgan fingerprint density at radius 2 is 1.95 bits per heavy atom. The fraction of sp³-hybridized carbons (Fsp3) is 0.333. The van der Waals surface area contributed by atoms with E-state index in [0.717, 1.165) is 24.3 Å². The van der Waals surface area contributed by atoms with Gasteiger partial charge in [-0.15, -0.1) is 0 Å². The summed E-state index contributed by atoms with van der Waals surface area (Å²) in [7, 11) is 0. The fourth-order valence-electron chi connectivity index (χ4n) is 2.07. The molecule has 0 radical (unpaired) electrons. The lowest BCUT2D eigenvalue weighted by atomic mass is 10.0. The number of furan rings is 1. The maximum Gasteiger partial charge on any atom is 0.142 e. The molecule has 20 heavy (non-hydrogen) atoms. The predicted molar refractivity (Wildman–Crippen MR) is 75.0 cm³/mol. The normalized spacial score (nSPS) is 12.7. The van der Waals surface area contributed by atoms with Crippen molar-refractivity contribution in [3.05, 3.63) is 58.0 Å². The van der Waals surface area contributed by atoms with Gasteiger partial charge in [0.25, 0.3) is 0 Å². The summed E-state index contributed by atoms with van der Waals surface area (Å²) < 4.78 is 33.3. The van der Waals surface area contributed by atoms with Crippen molar-refractivity contribution >= 4 is 11.6 Å². The number of hydrogen-bond donors (Lipinski definition) is 1. The molecule has 1 N–H and O–H groups in total. The van der Waals surface area contributed by atoms with Gasteiger partial charge in [-0.25, -0.2) is 8.78 Å². The first-order valence-corrected chi connectivity index (χ1v) is 6.91. The smallest absolute Gasteiger partial charge is 0.142 e. The Hall–Kier alpha value is -1.39. The van der Waals surface area contributed by atoms with Gasteiger partial charge in [-0.3, -0.25) is 0 Å². The second-order valence-electron chi connectivity index (χ2n) is 4.44. The number of benzene rings is 1. The minimum Gasteiger partial charge on any atom is -0.464 e. The number of nitrogens with one attached hydrogen (secondary N) is 1. The summed E-state index contributed by atoms with van der Waals surface area (Å²) in [6.45, 7) is 4.45. The summed E-state index contributed by atoms with van der Waals surface area (Å²) in [5, 5.41) is 2.87. The van der Waals surface area contributed by atoms with Crippen LogP contribution in [-0.2, 0) is 6.42 Å². The van der Waals surface area contributed by atoms with Crippen LogP contribution in [0.5, 0.6) is 0 Å². The summed E-state index contributed by atoms with van der Waals surface area (Å²) in [5.41, 5.74) is 0.186. The van der Waals surface area contributed by atoms with Crippen LogP contribution in [0.1, 0.15) is 37.0 Å². The Morgan fingerprint density at radius 3 is 2.55 bits per heavy atom. The van der Waals surface area contributed by atoms with Gasteiger partial charge < -0.3 is 9.73 Å². The molecule has 1 aromatic carbocycles. The Balaban J connectivity index is 2.45. The average molecular weight is 300 g/mol. The molecule has 2 rings (SSSR count). The fourth-order valence-corrected chi connectivity index (χ4v) is 2.22. The van der Waals surface area contributed by atoms with Crippen LogP contribution in [0, 0.1) is 11.6 Å². The monoisotopic (exact) mass is 299 g/mol. The molecule has 1 heterocycles. The minimum atomic E-state index is -0.645. The van der Waals surface area contributed by atoms with Crippen molar-refractivity contribution in [1.82, 2.24) is 5.32 Å². The summed E-state index contributed by atoms with van der Waals surface area (Å²) in [6, 6.07) is 5.17. The largest absolute Gasteiger partial charge is 0.464 e. The molecule has 0 fully saturated rings. The number of hydrogen-bond acceptors (Lipinski definition) is 2. The summed E-state index contributed by atoms with van der Waals surface area (Å²) in [5.74, 6) is 0.159. The van der Waals surface area contributed by atoms with Gasteiger partial charge >= 0.3 is 0 Å². The number of halogens is 3. The van der Waals surface area contributed by atoms with E-state index in [4.69, 9.17) is 16.0 Å². The van der Waals surface area contributed by atoms with E-state index in [1.54, 1.807) is 6.07 Å². The van der Waals surface area contributed by atoms with Gasteiger partial charge in [-0.05, 0) is 30.8 Å². The molecule has 0 aliphatic carbocycles. The summed E-state index contributed by atoms with van der Waals surface area (Å²) >= 11 is 5.58. The number of rotatable bonds is 5. The van der Waals surface area contributed by atoms with E-state index < -0.39 is 17.7 Å². The molecular formula is C15H16ClF2NO. The molecule has 0 bridgehead atoms. The van der Waals surface area contributed by atoms with Crippen molar-refractivity contribution in [3.8, 4) is 0 Å². The molecule has 1 aromatic heterocycles. The van der Waals surface area contributed by atoms with E-state index in [9.17, 15) is 8.78 Å². The Bertz CT molecular complexity index is 598. The molecule has 0 spiro atoms. The highest BCUT2D eigenvalue weighted by Crippen LogP contribution is 2.29. The topological polar surface area (TPSA) is 25.2 Å². The lowest BCUT2D eigenvalue weighted by Crippen LogP contribution is -2.22. The van der Waals surface area contributed by atoms with Gasteiger partial charge in [0.15, 0.2) is 0 Å². The van der Waals surface area contributed by atoms with Gasteiger partial charge in [0.1, 0.15) is 23.2 Å². The molecule has 5 heteroatoms. The van der Waals surface area contributed by atoms with E-state index in [2.05, 4.69) is 5.32 Å². The third-order valence-corrected chi connectivity index (χ3v) is 3.36. The highest BCUT2D eigenvalue weighted by molar-refractivity contribution is 6.30. The third kappa shape index (κ3) is 3.02. The van der Waals surface area contributed by atoms with Gasteiger partial charge in [0.2, 0.25) is 0 Å². The first-order valence-electron chi connectivity index (χ1n) is 6.53. The zero-order valence-corrected chi connectivity index (χ0v) is 12.1. The quantitative estimate of drug-likeness (QED) is 0.824. The molecule has 0 saturated carbocycles. The van der Waals surface area contributed by atoms with Crippen molar-refractivity contribution in [1.29, 1.82) is 0 Å². The first-order chi connectivity index (χ1) is 9.56. The van der Waals surface area contributed by atoms with E-state index in [1.165, 1.54) is 0 Å². The van der Waals surface area contributed by atoms with Crippen LogP contribution in [0.2, 0.25) is 5.02 Å². The lowest BCUT2D eigenvalue weighted by Gasteiger charge is -2.17. The molecule has 0 amide bonds. The van der Waals surface area contributed by atoms with Crippen molar-refractivity contribution in [3.63, 3.8) is 0 Å². The van der Waals surface area contributed by atoms with Crippen molar-refractivity contribution in [2.75, 3.05) is 6.54 Å². The van der Waals surface area contributed by atoms with Crippen LogP contribution in [0.4, 0.5) is 8.78 Å². The highest BCUT2D eigenvalue weighted by atomic mass is 35.5. The SMILES string of the molecule is CCNC(c1ccc(CC)o1)c1cc(F)c(Cl)cc1F. The average Bonchev–Trinajstić information content (AvgIpc) is 2.89. The van der Waals surface area contributed by atoms with Gasteiger partial charge in [0, 0.05) is 12.0 Å². The molecule has 2 nitrogen and oxygen atoms in total. The zero-order chi connectivity index (χ0) is 14.7. The maximum atomic E-state index is 14.0. The zero-order valence-electron chi connectivity index (χ0n) is 11.3. The molecule has 0 aliphatic rings. The molecular weight excluding hydrogens is 284 g/mol. The number of aryl methyl sites for hydroxylation is 1. The molecule has 0 aliphatic heterocycles. The van der Waals surface area contributed by atoms with Gasteiger partial charge in [-0.2, -0.15) is 0 Å². The van der Waals surface area contributed by atoms with Crippen LogP contribution in [-0.4, -0.2) is 6.54 Å². The Morgan fingerprint density at radius 1 is 1.20 bits per heavy atom. The van der Waals surface area contributed by atoms with E-state index in [1.807, 2.05) is 19.9 Å². The summed E-state index contributed by atoms with van der Waals surface area (Å²) in [4.78, 5) is 0. The van der Waals surface area contributed by atoms with Crippen LogP contribution in [0.25, 0.3) is 0 Å². The van der Waals surface area contributed by atoms with E-state index in [0.29, 0.717) is 12.3 Å². The molecule has 108 valence electrons. The van der Waals surface area contributed by atoms with Gasteiger partial charge in [-0.1, -0.05) is 25.4 Å². The molecule has 2 aromatic rings. The second-order valence-corrected chi connectivity index (χ2v) is 4.84. The Labute approximate surface area is 121 Å². The maximum absolute atomic E-state index is 14.0. The van der Waals surface area contributed by atoms with Crippen molar-refractivity contribution in [2.45, 2.75) is 26.3 Å². The van der Waals surface area contributed by atoms with E-state index >= 15 is 0 Å². The minimum absolute atomic E-state index is 0.186. The van der Waals surface area contributed by atoms with E-state index in [-0.39, 0.29) is 10.6 Å². The molecule has 1 unspecified atom stereocenters.